The van der Waals surface area contributed by atoms with Crippen LogP contribution in [-0.2, 0) is 19.1 Å². The van der Waals surface area contributed by atoms with Crippen molar-refractivity contribution in [3.63, 3.8) is 0 Å². The number of hydrogen-bond acceptors (Lipinski definition) is 4. The van der Waals surface area contributed by atoms with E-state index in [0.717, 1.165) is 12.8 Å². The van der Waals surface area contributed by atoms with Gasteiger partial charge in [-0.05, 0) is 36.3 Å². The third-order valence-corrected chi connectivity index (χ3v) is 6.05. The summed E-state index contributed by atoms with van der Waals surface area (Å²) in [5.74, 6) is 0.381. The van der Waals surface area contributed by atoms with Crippen molar-refractivity contribution in [2.24, 2.45) is 11.3 Å². The van der Waals surface area contributed by atoms with Crippen molar-refractivity contribution < 1.29 is 17.4 Å². The van der Waals surface area contributed by atoms with E-state index in [1.165, 1.54) is 31.4 Å². The maximum absolute atomic E-state index is 12.2. The molecule has 1 aliphatic carbocycles. The summed E-state index contributed by atoms with van der Waals surface area (Å²) in [5.41, 5.74) is -0.0998. The van der Waals surface area contributed by atoms with Crippen LogP contribution in [-0.4, -0.2) is 20.8 Å². The number of carbonyl (C=O) groups excluding carboxylic acids is 1. The Morgan fingerprint density at radius 2 is 1.74 bits per heavy atom. The average Bonchev–Trinajstić information content (AvgIpc) is 2.54. The van der Waals surface area contributed by atoms with Gasteiger partial charge < -0.3 is 0 Å². The van der Waals surface area contributed by atoms with Crippen molar-refractivity contribution in [1.29, 1.82) is 0 Å². The quantitative estimate of drug-likeness (QED) is 0.706. The molecule has 1 saturated carbocycles. The number of ketones is 1. The zero-order valence-corrected chi connectivity index (χ0v) is 14.8. The molecule has 0 aliphatic heterocycles. The number of carbonyl (C=O) groups is 1. The summed E-state index contributed by atoms with van der Waals surface area (Å²) < 4.78 is 29.0. The molecule has 1 aromatic rings. The van der Waals surface area contributed by atoms with Gasteiger partial charge in [-0.1, -0.05) is 51.3 Å². The van der Waals surface area contributed by atoms with Gasteiger partial charge in [-0.2, -0.15) is 8.42 Å². The lowest BCUT2D eigenvalue weighted by Gasteiger charge is -2.36. The van der Waals surface area contributed by atoms with E-state index in [0.29, 0.717) is 12.3 Å². The van der Waals surface area contributed by atoms with Gasteiger partial charge in [-0.15, -0.1) is 0 Å². The maximum Gasteiger partial charge on any atom is 0.297 e. The Morgan fingerprint density at radius 1 is 1.13 bits per heavy atom. The first kappa shape index (κ1) is 18.1. The van der Waals surface area contributed by atoms with Crippen LogP contribution in [0.2, 0.25) is 0 Å². The average molecular weight is 338 g/mol. The topological polar surface area (TPSA) is 60.4 Å². The molecule has 0 radical (unpaired) electrons. The molecule has 1 aromatic carbocycles. The van der Waals surface area contributed by atoms with Crippen LogP contribution in [0.3, 0.4) is 0 Å². The molecule has 0 saturated heterocycles. The minimum absolute atomic E-state index is 0.0827. The molecule has 0 atom stereocenters. The molecule has 0 unspecified atom stereocenters. The molecule has 0 spiro atoms. The predicted molar refractivity (Wildman–Crippen MR) is 89.6 cm³/mol. The number of benzene rings is 1. The van der Waals surface area contributed by atoms with E-state index < -0.39 is 10.1 Å². The molecule has 5 heteroatoms. The first-order valence-corrected chi connectivity index (χ1v) is 9.68. The molecule has 128 valence electrons. The Morgan fingerprint density at radius 3 is 2.35 bits per heavy atom. The normalized spacial score (nSPS) is 17.1. The third kappa shape index (κ3) is 5.15. The lowest BCUT2D eigenvalue weighted by molar-refractivity contribution is -0.123. The van der Waals surface area contributed by atoms with Gasteiger partial charge in [0.25, 0.3) is 10.1 Å². The summed E-state index contributed by atoms with van der Waals surface area (Å²) in [4.78, 5) is 12.3. The van der Waals surface area contributed by atoms with E-state index in [2.05, 4.69) is 13.8 Å². The predicted octanol–water partition coefficient (Wildman–Crippen LogP) is 3.96. The summed E-state index contributed by atoms with van der Waals surface area (Å²) in [6, 6.07) is 7.92. The highest BCUT2D eigenvalue weighted by atomic mass is 32.2. The molecule has 0 N–H and O–H groups in total. The SMILES string of the molecule is CC(C)(CC(=O)COS(=O)(=O)c1ccccc1)C1CCCCC1. The van der Waals surface area contributed by atoms with Gasteiger partial charge in [-0.3, -0.25) is 8.98 Å². The van der Waals surface area contributed by atoms with Crippen LogP contribution in [0.15, 0.2) is 35.2 Å². The van der Waals surface area contributed by atoms with Gasteiger partial charge in [0.2, 0.25) is 0 Å². The Labute approximate surface area is 139 Å². The summed E-state index contributed by atoms with van der Waals surface area (Å²) >= 11 is 0. The standard InChI is InChI=1S/C18H26O4S/c1-18(2,15-9-5-3-6-10-15)13-16(19)14-22-23(20,21)17-11-7-4-8-12-17/h4,7-8,11-12,15H,3,5-6,9-10,13-14H2,1-2H3. The molecule has 0 aromatic heterocycles. The van der Waals surface area contributed by atoms with Crippen LogP contribution in [0.25, 0.3) is 0 Å². The molecule has 1 fully saturated rings. The third-order valence-electron chi connectivity index (χ3n) is 4.77. The van der Waals surface area contributed by atoms with E-state index in [1.807, 2.05) is 0 Å². The zero-order chi connectivity index (χ0) is 16.9. The fourth-order valence-electron chi connectivity index (χ4n) is 3.39. The van der Waals surface area contributed by atoms with Crippen LogP contribution < -0.4 is 0 Å². The lowest BCUT2D eigenvalue weighted by Crippen LogP contribution is -2.30. The van der Waals surface area contributed by atoms with Gasteiger partial charge in [-0.25, -0.2) is 0 Å². The molecular formula is C18H26O4S. The second-order valence-corrected chi connectivity index (χ2v) is 8.68. The fraction of sp³-hybridized carbons (Fsp3) is 0.611. The fourth-order valence-corrected chi connectivity index (χ4v) is 4.30. The van der Waals surface area contributed by atoms with E-state index >= 15 is 0 Å². The lowest BCUT2D eigenvalue weighted by atomic mass is 9.69. The molecule has 2 rings (SSSR count). The largest absolute Gasteiger partial charge is 0.297 e. The summed E-state index contributed by atoms with van der Waals surface area (Å²) in [6.45, 7) is 3.83. The number of Topliss-reactive ketones (excluding diaryl/α,β-unsaturated/α-hetero) is 1. The van der Waals surface area contributed by atoms with Crippen molar-refractivity contribution >= 4 is 15.9 Å². The Hall–Kier alpha value is -1.20. The van der Waals surface area contributed by atoms with Crippen LogP contribution in [0, 0.1) is 11.3 Å². The highest BCUT2D eigenvalue weighted by molar-refractivity contribution is 7.86. The number of hydrogen-bond donors (Lipinski definition) is 0. The highest BCUT2D eigenvalue weighted by Crippen LogP contribution is 2.40. The first-order chi connectivity index (χ1) is 10.8. The van der Waals surface area contributed by atoms with Gasteiger partial charge >= 0.3 is 0 Å². The molecule has 0 amide bonds. The molecule has 0 heterocycles. The minimum atomic E-state index is -3.86. The van der Waals surface area contributed by atoms with Gasteiger partial charge in [0.15, 0.2) is 5.78 Å². The Bertz CT molecular complexity index is 614. The van der Waals surface area contributed by atoms with Crippen LogP contribution in [0.1, 0.15) is 52.4 Å². The smallest absolute Gasteiger partial charge is 0.297 e. The van der Waals surface area contributed by atoms with Gasteiger partial charge in [0.05, 0.1) is 4.90 Å². The van der Waals surface area contributed by atoms with Gasteiger partial charge in [0.1, 0.15) is 6.61 Å². The highest BCUT2D eigenvalue weighted by Gasteiger charge is 2.32. The van der Waals surface area contributed by atoms with Crippen molar-refractivity contribution in [3.05, 3.63) is 30.3 Å². The monoisotopic (exact) mass is 338 g/mol. The molecule has 0 bridgehead atoms. The molecule has 4 nitrogen and oxygen atoms in total. The van der Waals surface area contributed by atoms with Crippen molar-refractivity contribution in [2.45, 2.75) is 57.3 Å². The van der Waals surface area contributed by atoms with E-state index in [-0.39, 0.29) is 22.7 Å². The molecule has 23 heavy (non-hydrogen) atoms. The molecule has 1 aliphatic rings. The van der Waals surface area contributed by atoms with E-state index in [4.69, 9.17) is 4.18 Å². The number of rotatable bonds is 7. The van der Waals surface area contributed by atoms with Crippen LogP contribution in [0.4, 0.5) is 0 Å². The second kappa shape index (κ2) is 7.58. The van der Waals surface area contributed by atoms with Crippen LogP contribution >= 0.6 is 0 Å². The van der Waals surface area contributed by atoms with Crippen molar-refractivity contribution in [1.82, 2.24) is 0 Å². The van der Waals surface area contributed by atoms with Crippen LogP contribution in [0.5, 0.6) is 0 Å². The first-order valence-electron chi connectivity index (χ1n) is 8.27. The van der Waals surface area contributed by atoms with Crippen molar-refractivity contribution in [3.8, 4) is 0 Å². The van der Waals surface area contributed by atoms with Crippen molar-refractivity contribution in [2.75, 3.05) is 6.61 Å². The second-order valence-electron chi connectivity index (χ2n) is 7.07. The maximum atomic E-state index is 12.2. The zero-order valence-electron chi connectivity index (χ0n) is 14.0. The van der Waals surface area contributed by atoms with E-state index in [9.17, 15) is 13.2 Å². The van der Waals surface area contributed by atoms with E-state index in [1.54, 1.807) is 18.2 Å². The Kier molecular flexibility index (Phi) is 5.98. The minimum Gasteiger partial charge on any atom is -0.297 e. The summed E-state index contributed by atoms with van der Waals surface area (Å²) in [7, 11) is -3.86. The molecular weight excluding hydrogens is 312 g/mol. The Balaban J connectivity index is 1.89. The van der Waals surface area contributed by atoms with Gasteiger partial charge in [0, 0.05) is 6.42 Å². The summed E-state index contributed by atoms with van der Waals surface area (Å²) in [5, 5.41) is 0. The summed E-state index contributed by atoms with van der Waals surface area (Å²) in [6.07, 6.45) is 6.40.